The van der Waals surface area contributed by atoms with E-state index < -0.39 is 0 Å². The molecule has 1 fully saturated rings. The van der Waals surface area contributed by atoms with Crippen LogP contribution in [0.15, 0.2) is 36.7 Å². The van der Waals surface area contributed by atoms with Crippen LogP contribution >= 0.6 is 0 Å². The van der Waals surface area contributed by atoms with Crippen molar-refractivity contribution in [1.82, 2.24) is 9.55 Å². The van der Waals surface area contributed by atoms with E-state index >= 15 is 0 Å². The molecule has 16 heavy (non-hydrogen) atoms. The lowest BCUT2D eigenvalue weighted by Crippen LogP contribution is -2.05. The summed E-state index contributed by atoms with van der Waals surface area (Å²) < 4.78 is 1.99. The van der Waals surface area contributed by atoms with Crippen molar-refractivity contribution in [3.63, 3.8) is 0 Å². The minimum Gasteiger partial charge on any atom is -0.369 e. The van der Waals surface area contributed by atoms with Crippen molar-refractivity contribution in [3.05, 3.63) is 47.8 Å². The topological polar surface area (TPSA) is 43.8 Å². The van der Waals surface area contributed by atoms with Gasteiger partial charge in [0, 0.05) is 12.4 Å². The molecule has 1 heterocycles. The first kappa shape index (κ1) is 9.46. The van der Waals surface area contributed by atoms with Crippen LogP contribution in [0.5, 0.6) is 0 Å². The Bertz CT molecular complexity index is 497. The van der Waals surface area contributed by atoms with Crippen LogP contribution in [0.25, 0.3) is 0 Å². The lowest BCUT2D eigenvalue weighted by molar-refractivity contribution is 0.798. The third-order valence-electron chi connectivity index (χ3n) is 3.16. The molecule has 0 saturated heterocycles. The molecule has 3 heteroatoms. The molecule has 2 aromatic rings. The zero-order valence-electron chi connectivity index (χ0n) is 9.13. The summed E-state index contributed by atoms with van der Waals surface area (Å²) in [5.74, 6) is 1.37. The Hall–Kier alpha value is -1.77. The summed E-state index contributed by atoms with van der Waals surface area (Å²) >= 11 is 0. The molecule has 3 nitrogen and oxygen atoms in total. The molecular weight excluding hydrogens is 198 g/mol. The third kappa shape index (κ3) is 1.69. The molecule has 82 valence electrons. The minimum absolute atomic E-state index is 0.589. The van der Waals surface area contributed by atoms with Crippen LogP contribution in [0.2, 0.25) is 0 Å². The first-order valence-electron chi connectivity index (χ1n) is 5.69. The van der Waals surface area contributed by atoms with Crippen molar-refractivity contribution in [2.45, 2.75) is 25.3 Å². The average Bonchev–Trinajstić information content (AvgIpc) is 3.06. The van der Waals surface area contributed by atoms with Gasteiger partial charge in [-0.3, -0.25) is 0 Å². The molecule has 0 bridgehead atoms. The molecule has 0 radical (unpaired) electrons. The van der Waals surface area contributed by atoms with E-state index in [2.05, 4.69) is 29.2 Å². The van der Waals surface area contributed by atoms with Crippen LogP contribution in [-0.2, 0) is 6.54 Å². The van der Waals surface area contributed by atoms with Crippen LogP contribution in [0.3, 0.4) is 0 Å². The molecule has 1 aromatic heterocycles. The number of nitrogens with two attached hydrogens (primary N) is 1. The summed E-state index contributed by atoms with van der Waals surface area (Å²) in [5.41, 5.74) is 8.63. The maximum atomic E-state index is 5.78. The van der Waals surface area contributed by atoms with E-state index in [1.54, 1.807) is 6.20 Å². The Labute approximate surface area is 94.9 Å². The van der Waals surface area contributed by atoms with E-state index in [0.29, 0.717) is 5.95 Å². The van der Waals surface area contributed by atoms with Gasteiger partial charge in [0.05, 0.1) is 6.54 Å². The normalized spacial score (nSPS) is 15.2. The molecule has 0 unspecified atom stereocenters. The van der Waals surface area contributed by atoms with E-state index in [1.807, 2.05) is 10.8 Å². The van der Waals surface area contributed by atoms with Gasteiger partial charge in [0.25, 0.3) is 0 Å². The summed E-state index contributed by atoms with van der Waals surface area (Å²) in [6.07, 6.45) is 6.33. The van der Waals surface area contributed by atoms with Crippen LogP contribution < -0.4 is 5.73 Å². The van der Waals surface area contributed by atoms with Crippen molar-refractivity contribution in [3.8, 4) is 0 Å². The quantitative estimate of drug-likeness (QED) is 0.850. The van der Waals surface area contributed by atoms with E-state index in [1.165, 1.54) is 24.0 Å². The average molecular weight is 213 g/mol. The summed E-state index contributed by atoms with van der Waals surface area (Å²) in [6, 6.07) is 8.63. The number of anilines is 1. The summed E-state index contributed by atoms with van der Waals surface area (Å²) in [6.45, 7) is 0.832. The monoisotopic (exact) mass is 213 g/mol. The van der Waals surface area contributed by atoms with Crippen LogP contribution in [-0.4, -0.2) is 9.55 Å². The number of hydrogen-bond donors (Lipinski definition) is 1. The maximum Gasteiger partial charge on any atom is 0.200 e. The largest absolute Gasteiger partial charge is 0.369 e. The van der Waals surface area contributed by atoms with Gasteiger partial charge in [-0.05, 0) is 29.9 Å². The van der Waals surface area contributed by atoms with Gasteiger partial charge in [-0.2, -0.15) is 0 Å². The lowest BCUT2D eigenvalue weighted by atomic mass is 10.0. The fourth-order valence-electron chi connectivity index (χ4n) is 2.13. The van der Waals surface area contributed by atoms with Crippen LogP contribution in [0.4, 0.5) is 5.95 Å². The van der Waals surface area contributed by atoms with Gasteiger partial charge in [-0.15, -0.1) is 0 Å². The number of nitrogens with zero attached hydrogens (tertiary/aromatic N) is 2. The first-order chi connectivity index (χ1) is 7.84. The summed E-state index contributed by atoms with van der Waals surface area (Å²) in [5, 5.41) is 0. The number of aromatic nitrogens is 2. The van der Waals surface area contributed by atoms with Crippen LogP contribution in [0, 0.1) is 0 Å². The molecule has 0 aliphatic heterocycles. The highest BCUT2D eigenvalue weighted by Crippen LogP contribution is 2.41. The molecule has 0 spiro atoms. The highest BCUT2D eigenvalue weighted by Gasteiger charge is 2.25. The third-order valence-corrected chi connectivity index (χ3v) is 3.16. The fraction of sp³-hybridized carbons (Fsp3) is 0.308. The van der Waals surface area contributed by atoms with Gasteiger partial charge in [0.2, 0.25) is 0 Å². The molecule has 1 saturated carbocycles. The SMILES string of the molecule is Nc1nccn1Cc1ccccc1C1CC1. The summed E-state index contributed by atoms with van der Waals surface area (Å²) in [7, 11) is 0. The van der Waals surface area contributed by atoms with Gasteiger partial charge in [0.1, 0.15) is 0 Å². The lowest BCUT2D eigenvalue weighted by Gasteiger charge is -2.10. The Kier molecular flexibility index (Phi) is 2.17. The van der Waals surface area contributed by atoms with Crippen LogP contribution in [0.1, 0.15) is 29.9 Å². The van der Waals surface area contributed by atoms with Crippen molar-refractivity contribution in [2.24, 2.45) is 0 Å². The number of benzene rings is 1. The van der Waals surface area contributed by atoms with Crippen molar-refractivity contribution in [1.29, 1.82) is 0 Å². The van der Waals surface area contributed by atoms with Crippen molar-refractivity contribution >= 4 is 5.95 Å². The van der Waals surface area contributed by atoms with Gasteiger partial charge in [0.15, 0.2) is 5.95 Å². The van der Waals surface area contributed by atoms with Crippen molar-refractivity contribution < 1.29 is 0 Å². The predicted molar refractivity (Wildman–Crippen MR) is 64.2 cm³/mol. The Morgan fingerprint density at radius 3 is 2.81 bits per heavy atom. The zero-order chi connectivity index (χ0) is 11.0. The molecule has 3 rings (SSSR count). The molecule has 0 atom stereocenters. The second kappa shape index (κ2) is 3.67. The molecular formula is C13H15N3. The second-order valence-corrected chi connectivity index (χ2v) is 4.39. The number of rotatable bonds is 3. The standard InChI is InChI=1S/C13H15N3/c14-13-15-7-8-16(13)9-11-3-1-2-4-12(11)10-5-6-10/h1-4,7-8,10H,5-6,9H2,(H2,14,15). The number of imidazole rings is 1. The Morgan fingerprint density at radius 2 is 2.12 bits per heavy atom. The van der Waals surface area contributed by atoms with E-state index in [0.717, 1.165) is 12.5 Å². The second-order valence-electron chi connectivity index (χ2n) is 4.39. The van der Waals surface area contributed by atoms with Gasteiger partial charge >= 0.3 is 0 Å². The highest BCUT2D eigenvalue weighted by molar-refractivity contribution is 5.34. The van der Waals surface area contributed by atoms with E-state index in [-0.39, 0.29) is 0 Å². The Balaban J connectivity index is 1.92. The fourth-order valence-corrected chi connectivity index (χ4v) is 2.13. The van der Waals surface area contributed by atoms with Crippen molar-refractivity contribution in [2.75, 3.05) is 5.73 Å². The Morgan fingerprint density at radius 1 is 1.31 bits per heavy atom. The molecule has 2 N–H and O–H groups in total. The minimum atomic E-state index is 0.589. The van der Waals surface area contributed by atoms with Gasteiger partial charge < -0.3 is 10.3 Å². The molecule has 0 amide bonds. The summed E-state index contributed by atoms with van der Waals surface area (Å²) in [4.78, 5) is 4.04. The van der Waals surface area contributed by atoms with E-state index in [4.69, 9.17) is 5.73 Å². The molecule has 1 aliphatic carbocycles. The molecule has 1 aliphatic rings. The zero-order valence-corrected chi connectivity index (χ0v) is 9.13. The highest BCUT2D eigenvalue weighted by atomic mass is 15.1. The molecule has 1 aromatic carbocycles. The number of nitrogen functional groups attached to an aromatic ring is 1. The number of hydrogen-bond acceptors (Lipinski definition) is 2. The predicted octanol–water partition coefficient (Wildman–Crippen LogP) is 2.39. The van der Waals surface area contributed by atoms with E-state index in [9.17, 15) is 0 Å². The van der Waals surface area contributed by atoms with Gasteiger partial charge in [-0.25, -0.2) is 4.98 Å². The van der Waals surface area contributed by atoms with Gasteiger partial charge in [-0.1, -0.05) is 24.3 Å². The maximum absolute atomic E-state index is 5.78. The smallest absolute Gasteiger partial charge is 0.200 e. The first-order valence-corrected chi connectivity index (χ1v) is 5.69.